The van der Waals surface area contributed by atoms with Crippen LogP contribution in [0.25, 0.3) is 11.1 Å². The van der Waals surface area contributed by atoms with Crippen LogP contribution >= 0.6 is 46.4 Å². The van der Waals surface area contributed by atoms with E-state index in [2.05, 4.69) is 26.0 Å². The highest BCUT2D eigenvalue weighted by molar-refractivity contribution is 6.52. The van der Waals surface area contributed by atoms with Gasteiger partial charge in [0.1, 0.15) is 0 Å². The summed E-state index contributed by atoms with van der Waals surface area (Å²) >= 11 is 24.3. The van der Waals surface area contributed by atoms with E-state index in [1.54, 1.807) is 6.07 Å². The SMILES string of the molecule is CC(C)c1ccc(-c2cc(Cl)c(Cl)c(Cl)c2Cl)cc1. The fourth-order valence-corrected chi connectivity index (χ4v) is 2.74. The zero-order chi connectivity index (χ0) is 14.2. The molecular weight excluding hydrogens is 322 g/mol. The summed E-state index contributed by atoms with van der Waals surface area (Å²) in [5.41, 5.74) is 3.03. The van der Waals surface area contributed by atoms with Crippen LogP contribution in [-0.2, 0) is 0 Å². The van der Waals surface area contributed by atoms with Gasteiger partial charge in [-0.05, 0) is 23.1 Å². The van der Waals surface area contributed by atoms with Gasteiger partial charge < -0.3 is 0 Å². The maximum atomic E-state index is 6.23. The molecule has 0 fully saturated rings. The highest BCUT2D eigenvalue weighted by Crippen LogP contribution is 2.42. The van der Waals surface area contributed by atoms with Crippen molar-refractivity contribution in [3.63, 3.8) is 0 Å². The van der Waals surface area contributed by atoms with Gasteiger partial charge in [0.2, 0.25) is 0 Å². The summed E-state index contributed by atoms with van der Waals surface area (Å²) in [6.07, 6.45) is 0. The number of hydrogen-bond acceptors (Lipinski definition) is 0. The minimum absolute atomic E-state index is 0.288. The Morgan fingerprint density at radius 3 is 1.89 bits per heavy atom. The molecule has 2 rings (SSSR count). The molecule has 0 unspecified atom stereocenters. The van der Waals surface area contributed by atoms with Crippen LogP contribution in [-0.4, -0.2) is 0 Å². The van der Waals surface area contributed by atoms with Gasteiger partial charge in [-0.2, -0.15) is 0 Å². The average Bonchev–Trinajstić information content (AvgIpc) is 2.40. The Morgan fingerprint density at radius 2 is 1.37 bits per heavy atom. The first-order valence-electron chi connectivity index (χ1n) is 5.85. The third kappa shape index (κ3) is 3.03. The van der Waals surface area contributed by atoms with Crippen LogP contribution in [0, 0.1) is 0 Å². The van der Waals surface area contributed by atoms with Gasteiger partial charge in [0.25, 0.3) is 0 Å². The zero-order valence-corrected chi connectivity index (χ0v) is 13.5. The van der Waals surface area contributed by atoms with Gasteiger partial charge in [0, 0.05) is 5.56 Å². The van der Waals surface area contributed by atoms with E-state index in [1.165, 1.54) is 5.56 Å². The lowest BCUT2D eigenvalue weighted by Gasteiger charge is -2.11. The van der Waals surface area contributed by atoms with Crippen LogP contribution in [0.5, 0.6) is 0 Å². The standard InChI is InChI=1S/C15H12Cl4/c1-8(2)9-3-5-10(6-4-9)11-7-12(16)14(18)15(19)13(11)17/h3-8H,1-2H3. The summed E-state index contributed by atoms with van der Waals surface area (Å²) in [4.78, 5) is 0. The summed E-state index contributed by atoms with van der Waals surface area (Å²) in [6.45, 7) is 4.30. The molecule has 0 heterocycles. The number of benzene rings is 2. The van der Waals surface area contributed by atoms with Gasteiger partial charge in [-0.15, -0.1) is 0 Å². The van der Waals surface area contributed by atoms with E-state index in [9.17, 15) is 0 Å². The van der Waals surface area contributed by atoms with E-state index >= 15 is 0 Å². The number of rotatable bonds is 2. The Hall–Kier alpha value is -0.400. The van der Waals surface area contributed by atoms with Crippen LogP contribution in [0.4, 0.5) is 0 Å². The van der Waals surface area contributed by atoms with Crippen molar-refractivity contribution in [3.05, 3.63) is 56.0 Å². The molecule has 0 saturated carbocycles. The fourth-order valence-electron chi connectivity index (χ4n) is 1.83. The van der Waals surface area contributed by atoms with Gasteiger partial charge in [0.15, 0.2) is 0 Å². The first-order valence-corrected chi connectivity index (χ1v) is 7.36. The molecule has 0 nitrogen and oxygen atoms in total. The predicted octanol–water partition coefficient (Wildman–Crippen LogP) is 7.09. The normalized spacial score (nSPS) is 11.1. The van der Waals surface area contributed by atoms with E-state index < -0.39 is 0 Å². The second kappa shape index (κ2) is 5.93. The van der Waals surface area contributed by atoms with Crippen molar-refractivity contribution in [1.82, 2.24) is 0 Å². The van der Waals surface area contributed by atoms with Crippen molar-refractivity contribution < 1.29 is 0 Å². The van der Waals surface area contributed by atoms with Crippen molar-refractivity contribution in [3.8, 4) is 11.1 Å². The van der Waals surface area contributed by atoms with Crippen LogP contribution < -0.4 is 0 Å². The molecule has 0 spiro atoms. The molecule has 0 atom stereocenters. The largest absolute Gasteiger partial charge is 0.0826 e. The van der Waals surface area contributed by atoms with Crippen LogP contribution in [0.2, 0.25) is 20.1 Å². The zero-order valence-electron chi connectivity index (χ0n) is 10.5. The molecule has 0 saturated heterocycles. The smallest absolute Gasteiger partial charge is 0.0800 e. The van der Waals surface area contributed by atoms with Crippen molar-refractivity contribution in [2.45, 2.75) is 19.8 Å². The second-order valence-electron chi connectivity index (χ2n) is 4.62. The van der Waals surface area contributed by atoms with Crippen molar-refractivity contribution in [2.75, 3.05) is 0 Å². The molecule has 0 radical (unpaired) electrons. The Bertz CT molecular complexity index is 601. The van der Waals surface area contributed by atoms with E-state index in [1.807, 2.05) is 12.1 Å². The minimum atomic E-state index is 0.288. The van der Waals surface area contributed by atoms with Crippen molar-refractivity contribution in [2.24, 2.45) is 0 Å². The summed E-state index contributed by atoms with van der Waals surface area (Å²) in [7, 11) is 0. The number of halogens is 4. The second-order valence-corrected chi connectivity index (χ2v) is 6.17. The van der Waals surface area contributed by atoms with Crippen LogP contribution in [0.15, 0.2) is 30.3 Å². The Kier molecular flexibility index (Phi) is 4.68. The van der Waals surface area contributed by atoms with E-state index in [0.717, 1.165) is 11.1 Å². The molecule has 0 N–H and O–H groups in total. The Labute approximate surface area is 133 Å². The van der Waals surface area contributed by atoms with Gasteiger partial charge in [-0.3, -0.25) is 0 Å². The Morgan fingerprint density at radius 1 is 0.789 bits per heavy atom. The average molecular weight is 334 g/mol. The molecule has 0 amide bonds. The first kappa shape index (κ1) is 15.0. The third-order valence-electron chi connectivity index (χ3n) is 2.99. The number of hydrogen-bond donors (Lipinski definition) is 0. The highest BCUT2D eigenvalue weighted by atomic mass is 35.5. The lowest BCUT2D eigenvalue weighted by molar-refractivity contribution is 0.867. The molecule has 100 valence electrons. The predicted molar refractivity (Wildman–Crippen MR) is 86.0 cm³/mol. The van der Waals surface area contributed by atoms with Gasteiger partial charge >= 0.3 is 0 Å². The molecule has 0 aliphatic carbocycles. The minimum Gasteiger partial charge on any atom is -0.0826 e. The topological polar surface area (TPSA) is 0 Å². The molecule has 2 aromatic rings. The molecule has 2 aromatic carbocycles. The van der Waals surface area contributed by atoms with E-state index in [-0.39, 0.29) is 5.02 Å². The molecule has 4 heteroatoms. The van der Waals surface area contributed by atoms with Gasteiger partial charge in [-0.1, -0.05) is 84.5 Å². The first-order chi connectivity index (χ1) is 8.91. The summed E-state index contributed by atoms with van der Waals surface area (Å²) in [5, 5.41) is 1.40. The quantitative estimate of drug-likeness (QED) is 0.406. The summed E-state index contributed by atoms with van der Waals surface area (Å²) < 4.78 is 0. The van der Waals surface area contributed by atoms with Crippen LogP contribution in [0.1, 0.15) is 25.3 Å². The van der Waals surface area contributed by atoms with E-state index in [4.69, 9.17) is 46.4 Å². The lowest BCUT2D eigenvalue weighted by atomic mass is 9.99. The third-order valence-corrected chi connectivity index (χ3v) is 4.74. The molecule has 0 aliphatic heterocycles. The molecule has 0 aromatic heterocycles. The summed E-state index contributed by atoms with van der Waals surface area (Å²) in [6, 6.07) is 9.91. The van der Waals surface area contributed by atoms with Crippen LogP contribution in [0.3, 0.4) is 0 Å². The van der Waals surface area contributed by atoms with Crippen molar-refractivity contribution >= 4 is 46.4 Å². The monoisotopic (exact) mass is 332 g/mol. The maximum absolute atomic E-state index is 6.23. The summed E-state index contributed by atoms with van der Waals surface area (Å²) in [5.74, 6) is 0.488. The highest BCUT2D eigenvalue weighted by Gasteiger charge is 2.14. The molecule has 0 bridgehead atoms. The van der Waals surface area contributed by atoms with Gasteiger partial charge in [-0.25, -0.2) is 0 Å². The molecule has 19 heavy (non-hydrogen) atoms. The lowest BCUT2D eigenvalue weighted by Crippen LogP contribution is -1.88. The molecule has 0 aliphatic rings. The van der Waals surface area contributed by atoms with Crippen molar-refractivity contribution in [1.29, 1.82) is 0 Å². The Balaban J connectivity index is 2.53. The maximum Gasteiger partial charge on any atom is 0.0800 e. The molecular formula is C15H12Cl4. The van der Waals surface area contributed by atoms with Gasteiger partial charge in [0.05, 0.1) is 20.1 Å². The fraction of sp³-hybridized carbons (Fsp3) is 0.200. The van der Waals surface area contributed by atoms with E-state index in [0.29, 0.717) is 21.0 Å².